The van der Waals surface area contributed by atoms with Crippen LogP contribution in [0.4, 0.5) is 4.39 Å². The van der Waals surface area contributed by atoms with Crippen molar-refractivity contribution >= 4 is 32.5 Å². The molecule has 0 N–H and O–H groups in total. The van der Waals surface area contributed by atoms with Crippen LogP contribution in [0.5, 0.6) is 11.5 Å². The average Bonchev–Trinajstić information content (AvgIpc) is 3.40. The van der Waals surface area contributed by atoms with Gasteiger partial charge in [0, 0.05) is 42.8 Å². The molecule has 0 bridgehead atoms. The van der Waals surface area contributed by atoms with Crippen molar-refractivity contribution in [3.63, 3.8) is 0 Å². The molecule has 202 valence electrons. The van der Waals surface area contributed by atoms with E-state index in [-0.39, 0.29) is 23.7 Å². The smallest absolute Gasteiger partial charge is 0.255 e. The molecule has 0 saturated heterocycles. The van der Waals surface area contributed by atoms with Gasteiger partial charge in [0.1, 0.15) is 29.4 Å². The zero-order chi connectivity index (χ0) is 28.6. The Morgan fingerprint density at radius 3 is 2.60 bits per heavy atom. The highest BCUT2D eigenvalue weighted by Gasteiger charge is 2.43. The molecular formula is C29H29B2FN4O4. The van der Waals surface area contributed by atoms with Crippen LogP contribution in [0, 0.1) is 11.7 Å². The normalized spacial score (nSPS) is 14.2. The van der Waals surface area contributed by atoms with E-state index in [4.69, 9.17) is 29.9 Å². The number of hydrogen-bond acceptors (Lipinski definition) is 6. The number of hydrogen-bond donors (Lipinski definition) is 0. The third kappa shape index (κ3) is 5.06. The number of halogens is 1. The maximum Gasteiger partial charge on any atom is 0.255 e. The Bertz CT molecular complexity index is 1570. The highest BCUT2D eigenvalue weighted by atomic mass is 19.1. The van der Waals surface area contributed by atoms with Crippen molar-refractivity contribution in [1.29, 1.82) is 0 Å². The minimum Gasteiger partial charge on any atom is -0.493 e. The number of fused-ring (bicyclic) bond motifs is 2. The molecule has 0 unspecified atom stereocenters. The number of aryl methyl sites for hydroxylation is 1. The Hall–Kier alpha value is -3.85. The fourth-order valence-electron chi connectivity index (χ4n) is 4.80. The number of rotatable bonds is 10. The largest absolute Gasteiger partial charge is 0.493 e. The van der Waals surface area contributed by atoms with E-state index in [0.29, 0.717) is 48.0 Å². The number of methoxy groups -OCH3 is 1. The first-order chi connectivity index (χ1) is 19.1. The van der Waals surface area contributed by atoms with Gasteiger partial charge < -0.3 is 19.1 Å². The number of pyridine rings is 1. The summed E-state index contributed by atoms with van der Waals surface area (Å²) in [5.41, 5.74) is 2.70. The number of amides is 1. The first kappa shape index (κ1) is 27.7. The van der Waals surface area contributed by atoms with Gasteiger partial charge in [-0.3, -0.25) is 14.5 Å². The second kappa shape index (κ2) is 11.0. The van der Waals surface area contributed by atoms with Gasteiger partial charge in [-0.25, -0.2) is 4.39 Å². The van der Waals surface area contributed by atoms with Gasteiger partial charge in [-0.2, -0.15) is 5.10 Å². The van der Waals surface area contributed by atoms with Gasteiger partial charge in [-0.1, -0.05) is 13.8 Å². The fraction of sp³-hybridized carbons (Fsp3) is 0.345. The van der Waals surface area contributed by atoms with E-state index in [1.165, 1.54) is 17.2 Å². The van der Waals surface area contributed by atoms with Gasteiger partial charge in [0.25, 0.3) is 5.91 Å². The van der Waals surface area contributed by atoms with Crippen molar-refractivity contribution < 1.29 is 23.4 Å². The van der Waals surface area contributed by atoms with Gasteiger partial charge in [0.2, 0.25) is 0 Å². The molecule has 2 aromatic carbocycles. The van der Waals surface area contributed by atoms with Gasteiger partial charge in [-0.15, -0.1) is 0 Å². The van der Waals surface area contributed by atoms with Crippen molar-refractivity contribution in [3.8, 4) is 22.6 Å². The standard InChI is InChI=1S/C29H29B2FN4O4/c1-17(2)16-40-25-13-18(19-7-8-24(39-11-10-38-4)26-21(19)14-35(3)34-26)12-23(32)22(25)15-36-28(37)20-6-5-9-33-27(20)29(36,30)31/h5-9,12-14,17H,10-11,15-16H2,1-4H3. The summed E-state index contributed by atoms with van der Waals surface area (Å²) in [5.74, 6) is 0.105. The monoisotopic (exact) mass is 538 g/mol. The van der Waals surface area contributed by atoms with E-state index in [2.05, 4.69) is 10.1 Å². The molecule has 0 fully saturated rings. The quantitative estimate of drug-likeness (QED) is 0.225. The summed E-state index contributed by atoms with van der Waals surface area (Å²) in [4.78, 5) is 18.6. The van der Waals surface area contributed by atoms with Crippen LogP contribution in [0.15, 0.2) is 48.8 Å². The molecule has 8 nitrogen and oxygen atoms in total. The third-order valence-corrected chi connectivity index (χ3v) is 6.76. The lowest BCUT2D eigenvalue weighted by Crippen LogP contribution is -2.45. The van der Waals surface area contributed by atoms with Crippen LogP contribution < -0.4 is 9.47 Å². The van der Waals surface area contributed by atoms with Gasteiger partial charge in [0.05, 0.1) is 46.7 Å². The molecule has 11 heteroatoms. The Kier molecular flexibility index (Phi) is 7.59. The molecule has 0 aliphatic carbocycles. The average molecular weight is 538 g/mol. The van der Waals surface area contributed by atoms with E-state index < -0.39 is 17.1 Å². The topological polar surface area (TPSA) is 78.7 Å². The molecule has 0 spiro atoms. The lowest BCUT2D eigenvalue weighted by molar-refractivity contribution is 0.0727. The summed E-state index contributed by atoms with van der Waals surface area (Å²) in [6, 6.07) is 10.1. The number of carbonyl (C=O) groups is 1. The van der Waals surface area contributed by atoms with Crippen molar-refractivity contribution in [2.24, 2.45) is 13.0 Å². The number of aromatic nitrogens is 3. The summed E-state index contributed by atoms with van der Waals surface area (Å²) < 4.78 is 34.7. The molecule has 5 rings (SSSR count). The molecule has 40 heavy (non-hydrogen) atoms. The number of nitrogens with zero attached hydrogens (tertiary/aromatic N) is 4. The van der Waals surface area contributed by atoms with Crippen LogP contribution in [0.25, 0.3) is 22.0 Å². The number of benzene rings is 2. The van der Waals surface area contributed by atoms with Crippen LogP contribution >= 0.6 is 0 Å². The van der Waals surface area contributed by atoms with E-state index in [0.717, 1.165) is 10.9 Å². The molecule has 0 saturated carbocycles. The molecule has 1 aliphatic heterocycles. The molecule has 1 aliphatic rings. The van der Waals surface area contributed by atoms with E-state index in [9.17, 15) is 4.79 Å². The lowest BCUT2D eigenvalue weighted by Gasteiger charge is -2.33. The van der Waals surface area contributed by atoms with Gasteiger partial charge in [-0.05, 0) is 53.4 Å². The second-order valence-electron chi connectivity index (χ2n) is 10.3. The van der Waals surface area contributed by atoms with Crippen molar-refractivity contribution in [2.75, 3.05) is 26.9 Å². The Labute approximate surface area is 235 Å². The lowest BCUT2D eigenvalue weighted by atomic mass is 9.59. The first-order valence-corrected chi connectivity index (χ1v) is 13.0. The minimum absolute atomic E-state index is 0.174. The molecule has 3 heterocycles. The maximum atomic E-state index is 16.0. The summed E-state index contributed by atoms with van der Waals surface area (Å²) >= 11 is 0. The summed E-state index contributed by atoms with van der Waals surface area (Å²) in [7, 11) is 16.2. The summed E-state index contributed by atoms with van der Waals surface area (Å²) in [5, 5.41) is 3.65. The predicted molar refractivity (Wildman–Crippen MR) is 151 cm³/mol. The SMILES string of the molecule is [B]C1([B])c2ncccc2C(=O)N1Cc1c(F)cc(-c2ccc(OCCOC)c3nn(C)cc23)cc1OCC(C)C. The van der Waals surface area contributed by atoms with Crippen LogP contribution in [0.3, 0.4) is 0 Å². The highest BCUT2D eigenvalue weighted by Crippen LogP contribution is 2.40. The van der Waals surface area contributed by atoms with Crippen LogP contribution in [-0.4, -0.2) is 68.2 Å². The molecule has 2 aromatic heterocycles. The number of ether oxygens (including phenoxy) is 3. The van der Waals surface area contributed by atoms with Crippen molar-refractivity contribution in [1.82, 2.24) is 19.7 Å². The second-order valence-corrected chi connectivity index (χ2v) is 10.3. The van der Waals surface area contributed by atoms with Crippen molar-refractivity contribution in [2.45, 2.75) is 25.7 Å². The summed E-state index contributed by atoms with van der Waals surface area (Å²) in [6.07, 6.45) is 3.38. The molecule has 4 radical (unpaired) electrons. The Balaban J connectivity index is 1.56. The Morgan fingerprint density at radius 1 is 1.07 bits per heavy atom. The van der Waals surface area contributed by atoms with Gasteiger partial charge >= 0.3 is 0 Å². The zero-order valence-electron chi connectivity index (χ0n) is 23.0. The van der Waals surface area contributed by atoms with E-state index in [1.54, 1.807) is 30.0 Å². The van der Waals surface area contributed by atoms with E-state index in [1.807, 2.05) is 39.2 Å². The highest BCUT2D eigenvalue weighted by molar-refractivity contribution is 6.42. The van der Waals surface area contributed by atoms with Crippen LogP contribution in [0.1, 0.15) is 35.5 Å². The van der Waals surface area contributed by atoms with Crippen molar-refractivity contribution in [3.05, 3.63) is 71.4 Å². The first-order valence-electron chi connectivity index (χ1n) is 13.0. The summed E-state index contributed by atoms with van der Waals surface area (Å²) in [6.45, 7) is 4.95. The van der Waals surface area contributed by atoms with Crippen LogP contribution in [-0.2, 0) is 23.7 Å². The van der Waals surface area contributed by atoms with Gasteiger partial charge in [0.15, 0.2) is 0 Å². The molecule has 0 atom stereocenters. The fourth-order valence-corrected chi connectivity index (χ4v) is 4.80. The molecular weight excluding hydrogens is 509 g/mol. The molecule has 4 aromatic rings. The zero-order valence-corrected chi connectivity index (χ0v) is 23.0. The minimum atomic E-state index is -1.70. The van der Waals surface area contributed by atoms with E-state index >= 15 is 4.39 Å². The molecule has 1 amide bonds. The third-order valence-electron chi connectivity index (χ3n) is 6.76. The Morgan fingerprint density at radius 2 is 1.88 bits per heavy atom. The predicted octanol–water partition coefficient (Wildman–Crippen LogP) is 3.94. The van der Waals surface area contributed by atoms with Crippen LogP contribution in [0.2, 0.25) is 0 Å². The maximum absolute atomic E-state index is 16.0. The number of carbonyl (C=O) groups excluding carboxylic acids is 1.